The van der Waals surface area contributed by atoms with Crippen LogP contribution in [0.4, 0.5) is 13.2 Å². The summed E-state index contributed by atoms with van der Waals surface area (Å²) in [5, 5.41) is 12.1. The fraction of sp³-hybridized carbons (Fsp3) is 0.529. The molecule has 1 amide bonds. The van der Waals surface area contributed by atoms with Crippen molar-refractivity contribution < 1.29 is 27.9 Å². The third-order valence-electron chi connectivity index (χ3n) is 4.42. The molecular weight excluding hydrogens is 355 g/mol. The zero-order chi connectivity index (χ0) is 18.7. The van der Waals surface area contributed by atoms with Gasteiger partial charge in [-0.25, -0.2) is 4.79 Å². The minimum Gasteiger partial charge on any atom is -0.479 e. The van der Waals surface area contributed by atoms with Gasteiger partial charge in [0.05, 0.1) is 5.56 Å². The van der Waals surface area contributed by atoms with Crippen molar-refractivity contribution in [1.29, 1.82) is 0 Å². The largest absolute Gasteiger partial charge is 0.479 e. The van der Waals surface area contributed by atoms with E-state index in [-0.39, 0.29) is 12.3 Å². The molecule has 1 saturated heterocycles. The van der Waals surface area contributed by atoms with Crippen LogP contribution < -0.4 is 5.32 Å². The van der Waals surface area contributed by atoms with Gasteiger partial charge < -0.3 is 10.4 Å². The van der Waals surface area contributed by atoms with Gasteiger partial charge in [-0.05, 0) is 42.7 Å². The van der Waals surface area contributed by atoms with E-state index in [0.717, 1.165) is 12.1 Å². The first kappa shape index (κ1) is 19.6. The number of carbonyl (C=O) groups excluding carboxylic acids is 1. The number of aliphatic carboxylic acids is 1. The SMILES string of the molecule is CCC(Cc1ccc(C(F)(F)F)cc1)C(=O)NC1(C(=O)O)CCSC1. The molecule has 0 saturated carbocycles. The maximum atomic E-state index is 12.6. The Labute approximate surface area is 148 Å². The van der Waals surface area contributed by atoms with Crippen molar-refractivity contribution in [3.8, 4) is 0 Å². The number of benzene rings is 1. The lowest BCUT2D eigenvalue weighted by Gasteiger charge is -2.27. The van der Waals surface area contributed by atoms with Crippen LogP contribution in [-0.2, 0) is 22.2 Å². The van der Waals surface area contributed by atoms with Crippen LogP contribution in [0, 0.1) is 5.92 Å². The Hall–Kier alpha value is -1.70. The average Bonchev–Trinajstić information content (AvgIpc) is 3.02. The Morgan fingerprint density at radius 1 is 1.32 bits per heavy atom. The molecule has 1 aliphatic heterocycles. The van der Waals surface area contributed by atoms with E-state index in [2.05, 4.69) is 5.32 Å². The molecule has 0 aromatic heterocycles. The molecule has 1 fully saturated rings. The number of carboxylic acids is 1. The lowest BCUT2D eigenvalue weighted by molar-refractivity contribution is -0.147. The highest BCUT2D eigenvalue weighted by atomic mass is 32.2. The third-order valence-corrected chi connectivity index (χ3v) is 5.61. The van der Waals surface area contributed by atoms with Gasteiger partial charge in [0.25, 0.3) is 0 Å². The fourth-order valence-corrected chi connectivity index (χ4v) is 4.09. The number of alkyl halides is 3. The molecule has 2 atom stereocenters. The molecule has 8 heteroatoms. The summed E-state index contributed by atoms with van der Waals surface area (Å²) in [6, 6.07) is 4.70. The van der Waals surface area contributed by atoms with Crippen molar-refractivity contribution in [2.75, 3.05) is 11.5 Å². The van der Waals surface area contributed by atoms with E-state index in [9.17, 15) is 27.9 Å². The van der Waals surface area contributed by atoms with Gasteiger partial charge in [0.15, 0.2) is 0 Å². The van der Waals surface area contributed by atoms with Crippen LogP contribution in [0.1, 0.15) is 30.9 Å². The monoisotopic (exact) mass is 375 g/mol. The van der Waals surface area contributed by atoms with Crippen molar-refractivity contribution >= 4 is 23.6 Å². The molecule has 2 unspecified atom stereocenters. The topological polar surface area (TPSA) is 66.4 Å². The van der Waals surface area contributed by atoms with E-state index < -0.39 is 29.2 Å². The van der Waals surface area contributed by atoms with E-state index in [1.54, 1.807) is 6.92 Å². The number of carboxylic acid groups (broad SMARTS) is 1. The number of hydrogen-bond donors (Lipinski definition) is 2. The molecule has 4 nitrogen and oxygen atoms in total. The zero-order valence-electron chi connectivity index (χ0n) is 13.7. The minimum atomic E-state index is -4.39. The van der Waals surface area contributed by atoms with Crippen LogP contribution in [-0.4, -0.2) is 34.0 Å². The summed E-state index contributed by atoms with van der Waals surface area (Å²) in [5.74, 6) is -0.909. The van der Waals surface area contributed by atoms with Crippen LogP contribution >= 0.6 is 11.8 Å². The number of hydrogen-bond acceptors (Lipinski definition) is 3. The second-order valence-electron chi connectivity index (χ2n) is 6.18. The van der Waals surface area contributed by atoms with Crippen molar-refractivity contribution in [2.45, 2.75) is 37.9 Å². The minimum absolute atomic E-state index is 0.267. The van der Waals surface area contributed by atoms with Gasteiger partial charge in [-0.3, -0.25) is 4.79 Å². The van der Waals surface area contributed by atoms with Crippen molar-refractivity contribution in [3.63, 3.8) is 0 Å². The van der Waals surface area contributed by atoms with Crippen LogP contribution in [0.2, 0.25) is 0 Å². The van der Waals surface area contributed by atoms with E-state index >= 15 is 0 Å². The Morgan fingerprint density at radius 2 is 1.96 bits per heavy atom. The standard InChI is InChI=1S/C17H20F3NO3S/c1-2-12(9-11-3-5-13(6-4-11)17(18,19)20)14(22)21-16(15(23)24)7-8-25-10-16/h3-6,12H,2,7-10H2,1H3,(H,21,22)(H,23,24). The van der Waals surface area contributed by atoms with E-state index in [4.69, 9.17) is 0 Å². The van der Waals surface area contributed by atoms with Crippen LogP contribution in [0.3, 0.4) is 0 Å². The zero-order valence-corrected chi connectivity index (χ0v) is 14.5. The van der Waals surface area contributed by atoms with E-state index in [0.29, 0.717) is 29.9 Å². The number of thioether (sulfide) groups is 1. The Morgan fingerprint density at radius 3 is 2.40 bits per heavy atom. The number of amides is 1. The van der Waals surface area contributed by atoms with Crippen LogP contribution in [0.15, 0.2) is 24.3 Å². The van der Waals surface area contributed by atoms with Crippen molar-refractivity contribution in [3.05, 3.63) is 35.4 Å². The molecule has 138 valence electrons. The quantitative estimate of drug-likeness (QED) is 0.800. The summed E-state index contributed by atoms with van der Waals surface area (Å²) in [7, 11) is 0. The summed E-state index contributed by atoms with van der Waals surface area (Å²) >= 11 is 1.48. The first-order valence-corrected chi connectivity index (χ1v) is 9.13. The number of nitrogens with one attached hydrogen (secondary N) is 1. The third kappa shape index (κ3) is 4.68. The molecule has 1 heterocycles. The average molecular weight is 375 g/mol. The first-order valence-electron chi connectivity index (χ1n) is 7.97. The van der Waals surface area contributed by atoms with Gasteiger partial charge in [-0.1, -0.05) is 19.1 Å². The number of carbonyl (C=O) groups is 2. The first-order chi connectivity index (χ1) is 11.7. The summed E-state index contributed by atoms with van der Waals surface area (Å²) in [4.78, 5) is 24.0. The lowest BCUT2D eigenvalue weighted by Crippen LogP contribution is -2.56. The number of halogens is 3. The highest BCUT2D eigenvalue weighted by Gasteiger charge is 2.44. The van der Waals surface area contributed by atoms with Crippen molar-refractivity contribution in [1.82, 2.24) is 5.32 Å². The predicted molar refractivity (Wildman–Crippen MR) is 89.4 cm³/mol. The van der Waals surface area contributed by atoms with E-state index in [1.807, 2.05) is 0 Å². The summed E-state index contributed by atoms with van der Waals surface area (Å²) in [5.41, 5.74) is -1.36. The second kappa shape index (κ2) is 7.68. The van der Waals surface area contributed by atoms with E-state index in [1.165, 1.54) is 23.9 Å². The van der Waals surface area contributed by atoms with Gasteiger partial charge in [-0.15, -0.1) is 0 Å². The summed E-state index contributed by atoms with van der Waals surface area (Å²) in [6.45, 7) is 1.80. The smallest absolute Gasteiger partial charge is 0.416 e. The molecule has 0 aliphatic carbocycles. The van der Waals surface area contributed by atoms with Gasteiger partial charge in [0.2, 0.25) is 5.91 Å². The molecule has 1 aliphatic rings. The summed E-state index contributed by atoms with van der Waals surface area (Å²) < 4.78 is 37.8. The summed E-state index contributed by atoms with van der Waals surface area (Å²) in [6.07, 6.45) is -3.29. The van der Waals surface area contributed by atoms with Crippen molar-refractivity contribution in [2.24, 2.45) is 5.92 Å². The van der Waals surface area contributed by atoms with Crippen LogP contribution in [0.25, 0.3) is 0 Å². The molecule has 0 radical (unpaired) electrons. The molecular formula is C17H20F3NO3S. The Bertz CT molecular complexity index is 625. The molecule has 2 rings (SSSR count). The molecule has 2 N–H and O–H groups in total. The molecule has 1 aromatic carbocycles. The lowest BCUT2D eigenvalue weighted by atomic mass is 9.92. The maximum Gasteiger partial charge on any atom is 0.416 e. The fourth-order valence-electron chi connectivity index (χ4n) is 2.76. The Kier molecular flexibility index (Phi) is 6.03. The maximum absolute atomic E-state index is 12.6. The second-order valence-corrected chi connectivity index (χ2v) is 7.29. The highest BCUT2D eigenvalue weighted by Crippen LogP contribution is 2.30. The van der Waals surface area contributed by atoms with Gasteiger partial charge in [0.1, 0.15) is 5.54 Å². The highest BCUT2D eigenvalue weighted by molar-refractivity contribution is 7.99. The van der Waals surface area contributed by atoms with Gasteiger partial charge in [-0.2, -0.15) is 24.9 Å². The Balaban J connectivity index is 2.06. The van der Waals surface area contributed by atoms with Gasteiger partial charge in [0, 0.05) is 11.7 Å². The molecule has 1 aromatic rings. The molecule has 0 bridgehead atoms. The van der Waals surface area contributed by atoms with Gasteiger partial charge >= 0.3 is 12.1 Å². The normalized spacial score (nSPS) is 21.8. The predicted octanol–water partition coefficient (Wildman–Crippen LogP) is 3.35. The number of rotatable bonds is 6. The molecule has 25 heavy (non-hydrogen) atoms. The molecule has 0 spiro atoms. The van der Waals surface area contributed by atoms with Crippen LogP contribution in [0.5, 0.6) is 0 Å².